The zero-order chi connectivity index (χ0) is 22.6. The number of aromatic nitrogens is 2. The van der Waals surface area contributed by atoms with Gasteiger partial charge in [-0.25, -0.2) is 9.78 Å². The molecule has 162 valence electrons. The lowest BCUT2D eigenvalue weighted by Gasteiger charge is -2.21. The lowest BCUT2D eigenvalue weighted by molar-refractivity contribution is -0.119. The Hall–Kier alpha value is -3.13. The summed E-state index contributed by atoms with van der Waals surface area (Å²) in [6, 6.07) is 16.2. The monoisotopic (exact) mass is 438 g/mol. The standard InChI is InChI=1S/C23H26N4O3S/c1-15(19(28)25-21(30)26-23(2,3)4)31-22-24-18-13-9-8-12-17(18)20(29)27(22)14-16-10-6-5-7-11-16/h5-13,15H,14H2,1-4H3,(H2,25,26,28,30). The van der Waals surface area contributed by atoms with Crippen LogP contribution >= 0.6 is 11.8 Å². The van der Waals surface area contributed by atoms with Crippen molar-refractivity contribution in [1.29, 1.82) is 0 Å². The quantitative estimate of drug-likeness (QED) is 0.469. The molecule has 8 heteroatoms. The van der Waals surface area contributed by atoms with Gasteiger partial charge in [-0.2, -0.15) is 0 Å². The second-order valence-corrected chi connectivity index (χ2v) is 9.55. The minimum Gasteiger partial charge on any atom is -0.333 e. The van der Waals surface area contributed by atoms with E-state index in [1.807, 2.05) is 57.2 Å². The number of hydrogen-bond acceptors (Lipinski definition) is 5. The van der Waals surface area contributed by atoms with Crippen LogP contribution in [0, 0.1) is 0 Å². The van der Waals surface area contributed by atoms with Gasteiger partial charge in [0, 0.05) is 5.54 Å². The Morgan fingerprint density at radius 3 is 2.39 bits per heavy atom. The Morgan fingerprint density at radius 2 is 1.71 bits per heavy atom. The summed E-state index contributed by atoms with van der Waals surface area (Å²) in [7, 11) is 0. The molecule has 1 unspecified atom stereocenters. The maximum Gasteiger partial charge on any atom is 0.321 e. The van der Waals surface area contributed by atoms with Crippen LogP contribution in [-0.4, -0.2) is 32.3 Å². The number of amides is 3. The molecule has 0 spiro atoms. The fourth-order valence-corrected chi connectivity index (χ4v) is 3.85. The summed E-state index contributed by atoms with van der Waals surface area (Å²) in [6.45, 7) is 7.50. The molecule has 0 bridgehead atoms. The summed E-state index contributed by atoms with van der Waals surface area (Å²) in [5, 5.41) is 5.35. The van der Waals surface area contributed by atoms with E-state index in [9.17, 15) is 14.4 Å². The molecular weight excluding hydrogens is 412 g/mol. The molecule has 3 aromatic rings. The molecule has 0 fully saturated rings. The molecule has 1 heterocycles. The number of hydrogen-bond donors (Lipinski definition) is 2. The van der Waals surface area contributed by atoms with E-state index < -0.39 is 22.7 Å². The number of carbonyl (C=O) groups is 2. The van der Waals surface area contributed by atoms with Gasteiger partial charge in [0.25, 0.3) is 5.56 Å². The molecule has 0 saturated carbocycles. The zero-order valence-electron chi connectivity index (χ0n) is 18.0. The van der Waals surface area contributed by atoms with Crippen molar-refractivity contribution in [1.82, 2.24) is 20.2 Å². The van der Waals surface area contributed by atoms with Crippen molar-refractivity contribution in [2.45, 2.75) is 50.2 Å². The molecule has 0 radical (unpaired) electrons. The Bertz CT molecular complexity index is 1150. The highest BCUT2D eigenvalue weighted by Gasteiger charge is 2.22. The number of benzene rings is 2. The summed E-state index contributed by atoms with van der Waals surface area (Å²) in [4.78, 5) is 42.4. The third kappa shape index (κ3) is 5.95. The number of carbonyl (C=O) groups excluding carboxylic acids is 2. The average Bonchev–Trinajstić information content (AvgIpc) is 2.70. The lowest BCUT2D eigenvalue weighted by atomic mass is 10.1. The van der Waals surface area contributed by atoms with Crippen LogP contribution in [0.3, 0.4) is 0 Å². The molecule has 0 saturated heterocycles. The van der Waals surface area contributed by atoms with E-state index in [2.05, 4.69) is 15.6 Å². The number of nitrogens with one attached hydrogen (secondary N) is 2. The van der Waals surface area contributed by atoms with Crippen LogP contribution in [0.15, 0.2) is 64.5 Å². The molecule has 3 amide bonds. The van der Waals surface area contributed by atoms with E-state index in [-0.39, 0.29) is 5.56 Å². The van der Waals surface area contributed by atoms with Gasteiger partial charge >= 0.3 is 6.03 Å². The van der Waals surface area contributed by atoms with Gasteiger partial charge in [-0.15, -0.1) is 0 Å². The van der Waals surface area contributed by atoms with E-state index in [0.717, 1.165) is 17.3 Å². The third-order valence-corrected chi connectivity index (χ3v) is 5.48. The second kappa shape index (κ2) is 9.34. The molecule has 2 N–H and O–H groups in total. The van der Waals surface area contributed by atoms with E-state index in [4.69, 9.17) is 0 Å². The van der Waals surface area contributed by atoms with Crippen LogP contribution in [0.2, 0.25) is 0 Å². The highest BCUT2D eigenvalue weighted by Crippen LogP contribution is 2.23. The van der Waals surface area contributed by atoms with Crippen molar-refractivity contribution in [3.63, 3.8) is 0 Å². The first-order valence-corrected chi connectivity index (χ1v) is 10.9. The maximum absolute atomic E-state index is 13.2. The maximum atomic E-state index is 13.2. The van der Waals surface area contributed by atoms with Gasteiger partial charge in [0.1, 0.15) is 0 Å². The van der Waals surface area contributed by atoms with Crippen LogP contribution in [0.4, 0.5) is 4.79 Å². The number of urea groups is 1. The Labute approximate surface area is 185 Å². The fraction of sp³-hybridized carbons (Fsp3) is 0.304. The number of thioether (sulfide) groups is 1. The smallest absolute Gasteiger partial charge is 0.321 e. The fourth-order valence-electron chi connectivity index (χ4n) is 2.94. The van der Waals surface area contributed by atoms with Crippen molar-refractivity contribution >= 4 is 34.6 Å². The van der Waals surface area contributed by atoms with Crippen molar-refractivity contribution in [2.75, 3.05) is 0 Å². The van der Waals surface area contributed by atoms with E-state index in [0.29, 0.717) is 22.6 Å². The second-order valence-electron chi connectivity index (χ2n) is 8.24. The van der Waals surface area contributed by atoms with Crippen LogP contribution < -0.4 is 16.2 Å². The van der Waals surface area contributed by atoms with Crippen LogP contribution in [0.5, 0.6) is 0 Å². The lowest BCUT2D eigenvalue weighted by Crippen LogP contribution is -2.49. The first kappa shape index (κ1) is 22.6. The molecule has 0 aliphatic heterocycles. The SMILES string of the molecule is CC(Sc1nc2ccccc2c(=O)n1Cc1ccccc1)C(=O)NC(=O)NC(C)(C)C. The van der Waals surface area contributed by atoms with Gasteiger partial charge in [-0.3, -0.25) is 19.5 Å². The summed E-state index contributed by atoms with van der Waals surface area (Å²) in [5.74, 6) is -0.458. The normalized spacial score (nSPS) is 12.4. The number of nitrogens with zero attached hydrogens (tertiary/aromatic N) is 2. The summed E-state index contributed by atoms with van der Waals surface area (Å²) in [5.41, 5.74) is 0.884. The molecule has 2 aromatic carbocycles. The van der Waals surface area contributed by atoms with Crippen molar-refractivity contribution < 1.29 is 9.59 Å². The van der Waals surface area contributed by atoms with Gasteiger partial charge in [-0.1, -0.05) is 54.2 Å². The van der Waals surface area contributed by atoms with E-state index in [1.54, 1.807) is 29.7 Å². The molecular formula is C23H26N4O3S. The molecule has 0 aliphatic rings. The molecule has 3 rings (SSSR count). The van der Waals surface area contributed by atoms with E-state index >= 15 is 0 Å². The summed E-state index contributed by atoms with van der Waals surface area (Å²) >= 11 is 1.15. The summed E-state index contributed by atoms with van der Waals surface area (Å²) in [6.07, 6.45) is 0. The minimum absolute atomic E-state index is 0.171. The predicted molar refractivity (Wildman–Crippen MR) is 123 cm³/mol. The molecule has 0 aliphatic carbocycles. The van der Waals surface area contributed by atoms with E-state index in [1.165, 1.54) is 0 Å². The van der Waals surface area contributed by atoms with Crippen LogP contribution in [-0.2, 0) is 11.3 Å². The highest BCUT2D eigenvalue weighted by atomic mass is 32.2. The number of para-hydroxylation sites is 1. The highest BCUT2D eigenvalue weighted by molar-refractivity contribution is 8.00. The topological polar surface area (TPSA) is 93.1 Å². The Morgan fingerprint density at radius 1 is 1.06 bits per heavy atom. The Balaban J connectivity index is 1.89. The summed E-state index contributed by atoms with van der Waals surface area (Å²) < 4.78 is 1.57. The Kier molecular flexibility index (Phi) is 6.80. The number of imide groups is 1. The molecule has 31 heavy (non-hydrogen) atoms. The third-order valence-electron chi connectivity index (χ3n) is 4.39. The van der Waals surface area contributed by atoms with Gasteiger partial charge in [0.15, 0.2) is 5.16 Å². The number of rotatable bonds is 5. The predicted octanol–water partition coefficient (Wildman–Crippen LogP) is 3.55. The van der Waals surface area contributed by atoms with Gasteiger partial charge in [-0.05, 0) is 45.4 Å². The van der Waals surface area contributed by atoms with Crippen LogP contribution in [0.25, 0.3) is 10.9 Å². The molecule has 1 aromatic heterocycles. The molecule has 1 atom stereocenters. The minimum atomic E-state index is -0.638. The molecule has 7 nitrogen and oxygen atoms in total. The first-order valence-electron chi connectivity index (χ1n) is 9.97. The van der Waals surface area contributed by atoms with Gasteiger partial charge < -0.3 is 5.32 Å². The zero-order valence-corrected chi connectivity index (χ0v) is 18.8. The number of fused-ring (bicyclic) bond motifs is 1. The van der Waals surface area contributed by atoms with Crippen molar-refractivity contribution in [2.24, 2.45) is 0 Å². The van der Waals surface area contributed by atoms with Gasteiger partial charge in [0.2, 0.25) is 5.91 Å². The van der Waals surface area contributed by atoms with Gasteiger partial charge in [0.05, 0.1) is 22.7 Å². The largest absolute Gasteiger partial charge is 0.333 e. The van der Waals surface area contributed by atoms with Crippen LogP contribution in [0.1, 0.15) is 33.3 Å². The van der Waals surface area contributed by atoms with Crippen molar-refractivity contribution in [3.05, 3.63) is 70.5 Å². The average molecular weight is 439 g/mol. The first-order chi connectivity index (χ1) is 14.6. The van der Waals surface area contributed by atoms with Crippen molar-refractivity contribution in [3.8, 4) is 0 Å².